The Labute approximate surface area is 111 Å². The fourth-order valence-corrected chi connectivity index (χ4v) is 4.52. The first-order valence-electron chi connectivity index (χ1n) is 7.32. The highest BCUT2D eigenvalue weighted by atomic mass is 16.5. The van der Waals surface area contributed by atoms with E-state index in [-0.39, 0.29) is 0 Å². The molecular weight excluding hydrogens is 220 g/mol. The van der Waals surface area contributed by atoms with Crippen LogP contribution in [0.25, 0.3) is 0 Å². The van der Waals surface area contributed by atoms with Gasteiger partial charge in [-0.3, -0.25) is 0 Å². The maximum atomic E-state index is 5.37. The van der Waals surface area contributed by atoms with E-state index >= 15 is 0 Å². The molecule has 0 radical (unpaired) electrons. The number of rotatable bonds is 1. The second-order valence-corrected chi connectivity index (χ2v) is 6.46. The average Bonchev–Trinajstić information content (AvgIpc) is 2.38. The van der Waals surface area contributed by atoms with Crippen molar-refractivity contribution >= 4 is 0 Å². The van der Waals surface area contributed by atoms with Gasteiger partial charge < -0.3 is 4.74 Å². The van der Waals surface area contributed by atoms with Gasteiger partial charge in [0.1, 0.15) is 5.75 Å². The minimum absolute atomic E-state index is 0.414. The number of aryl methyl sites for hydroxylation is 1. The van der Waals surface area contributed by atoms with Crippen LogP contribution >= 0.6 is 0 Å². The quantitative estimate of drug-likeness (QED) is 0.714. The summed E-state index contributed by atoms with van der Waals surface area (Å²) in [5, 5.41) is 0. The zero-order chi connectivity index (χ0) is 12.8. The highest BCUT2D eigenvalue weighted by Crippen LogP contribution is 2.52. The summed E-state index contributed by atoms with van der Waals surface area (Å²) in [6, 6.07) is 6.74. The molecule has 18 heavy (non-hydrogen) atoms. The molecule has 2 unspecified atom stereocenters. The van der Waals surface area contributed by atoms with Crippen molar-refractivity contribution in [3.8, 4) is 5.75 Å². The van der Waals surface area contributed by atoms with E-state index in [1.54, 1.807) is 12.7 Å². The summed E-state index contributed by atoms with van der Waals surface area (Å²) in [6.07, 6.45) is 6.77. The summed E-state index contributed by atoms with van der Waals surface area (Å²) in [5.74, 6) is 2.78. The van der Waals surface area contributed by atoms with E-state index in [1.807, 2.05) is 0 Å². The molecule has 3 atom stereocenters. The SMILES string of the molecule is COc1ccc2c(c1)CCC1C(C)CCC[C@@]21C. The Kier molecular flexibility index (Phi) is 2.88. The minimum atomic E-state index is 0.414. The van der Waals surface area contributed by atoms with Crippen LogP contribution in [0.15, 0.2) is 18.2 Å². The molecule has 1 fully saturated rings. The fourth-order valence-electron chi connectivity index (χ4n) is 4.52. The molecule has 1 saturated carbocycles. The second kappa shape index (κ2) is 4.29. The maximum Gasteiger partial charge on any atom is 0.119 e. The first-order valence-corrected chi connectivity index (χ1v) is 7.32. The van der Waals surface area contributed by atoms with Gasteiger partial charge in [-0.2, -0.15) is 0 Å². The van der Waals surface area contributed by atoms with Gasteiger partial charge in [0.15, 0.2) is 0 Å². The molecule has 3 rings (SSSR count). The largest absolute Gasteiger partial charge is 0.497 e. The lowest BCUT2D eigenvalue weighted by atomic mass is 9.55. The molecule has 0 saturated heterocycles. The molecule has 2 aliphatic carbocycles. The highest BCUT2D eigenvalue weighted by Gasteiger charge is 2.44. The van der Waals surface area contributed by atoms with Crippen LogP contribution in [0.5, 0.6) is 5.75 Å². The lowest BCUT2D eigenvalue weighted by Crippen LogP contribution is -2.43. The van der Waals surface area contributed by atoms with E-state index in [4.69, 9.17) is 4.74 Å². The molecule has 98 valence electrons. The molecule has 0 aromatic heterocycles. The van der Waals surface area contributed by atoms with Crippen molar-refractivity contribution in [1.82, 2.24) is 0 Å². The zero-order valence-electron chi connectivity index (χ0n) is 11.8. The number of fused-ring (bicyclic) bond motifs is 3. The molecule has 2 aliphatic rings. The van der Waals surface area contributed by atoms with Crippen LogP contribution < -0.4 is 4.74 Å². The Bertz CT molecular complexity index is 451. The summed E-state index contributed by atoms with van der Waals surface area (Å²) >= 11 is 0. The number of methoxy groups -OCH3 is 1. The Morgan fingerprint density at radius 2 is 2.11 bits per heavy atom. The fraction of sp³-hybridized carbons (Fsp3) is 0.647. The molecule has 1 heteroatoms. The predicted molar refractivity (Wildman–Crippen MR) is 75.2 cm³/mol. The first-order chi connectivity index (χ1) is 8.65. The van der Waals surface area contributed by atoms with Crippen molar-refractivity contribution in [2.45, 2.75) is 51.4 Å². The van der Waals surface area contributed by atoms with Crippen LogP contribution in [-0.2, 0) is 11.8 Å². The van der Waals surface area contributed by atoms with Gasteiger partial charge in [0.05, 0.1) is 7.11 Å². The first kappa shape index (κ1) is 12.1. The van der Waals surface area contributed by atoms with E-state index in [0.717, 1.165) is 17.6 Å². The van der Waals surface area contributed by atoms with Gasteiger partial charge in [-0.1, -0.05) is 32.8 Å². The van der Waals surface area contributed by atoms with Gasteiger partial charge in [0.25, 0.3) is 0 Å². The summed E-state index contributed by atoms with van der Waals surface area (Å²) in [7, 11) is 1.76. The zero-order valence-corrected chi connectivity index (χ0v) is 11.8. The van der Waals surface area contributed by atoms with E-state index < -0.39 is 0 Å². The summed E-state index contributed by atoms with van der Waals surface area (Å²) in [6.45, 7) is 4.95. The van der Waals surface area contributed by atoms with Crippen molar-refractivity contribution in [3.63, 3.8) is 0 Å². The van der Waals surface area contributed by atoms with Crippen LogP contribution in [0.3, 0.4) is 0 Å². The molecule has 1 aromatic carbocycles. The van der Waals surface area contributed by atoms with Gasteiger partial charge in [-0.05, 0) is 59.8 Å². The topological polar surface area (TPSA) is 9.23 Å². The van der Waals surface area contributed by atoms with Crippen LogP contribution in [-0.4, -0.2) is 7.11 Å². The van der Waals surface area contributed by atoms with Crippen LogP contribution in [0.4, 0.5) is 0 Å². The number of benzene rings is 1. The monoisotopic (exact) mass is 244 g/mol. The van der Waals surface area contributed by atoms with Crippen molar-refractivity contribution in [3.05, 3.63) is 29.3 Å². The van der Waals surface area contributed by atoms with E-state index in [1.165, 1.54) is 37.7 Å². The molecule has 0 amide bonds. The molecule has 0 aliphatic heterocycles. The molecular formula is C17H24O. The van der Waals surface area contributed by atoms with Gasteiger partial charge in [0, 0.05) is 0 Å². The molecule has 1 aromatic rings. The Morgan fingerprint density at radius 1 is 1.28 bits per heavy atom. The maximum absolute atomic E-state index is 5.37. The summed E-state index contributed by atoms with van der Waals surface area (Å²) < 4.78 is 5.37. The van der Waals surface area contributed by atoms with E-state index in [0.29, 0.717) is 5.41 Å². The van der Waals surface area contributed by atoms with Crippen LogP contribution in [0.2, 0.25) is 0 Å². The molecule has 0 heterocycles. The third kappa shape index (κ3) is 1.67. The number of hydrogen-bond acceptors (Lipinski definition) is 1. The predicted octanol–water partition coefficient (Wildman–Crippen LogP) is 4.34. The van der Waals surface area contributed by atoms with E-state index in [2.05, 4.69) is 32.0 Å². The van der Waals surface area contributed by atoms with Crippen molar-refractivity contribution in [1.29, 1.82) is 0 Å². The third-order valence-corrected chi connectivity index (χ3v) is 5.51. The molecule has 1 nitrogen and oxygen atoms in total. The Hall–Kier alpha value is -0.980. The summed E-state index contributed by atoms with van der Waals surface area (Å²) in [5.41, 5.74) is 3.55. The molecule has 0 N–H and O–H groups in total. The van der Waals surface area contributed by atoms with Crippen LogP contribution in [0.1, 0.15) is 50.7 Å². The van der Waals surface area contributed by atoms with Gasteiger partial charge in [-0.15, -0.1) is 0 Å². The summed E-state index contributed by atoms with van der Waals surface area (Å²) in [4.78, 5) is 0. The molecule has 0 bridgehead atoms. The van der Waals surface area contributed by atoms with Gasteiger partial charge in [0.2, 0.25) is 0 Å². The standard InChI is InChI=1S/C17H24O/c1-12-5-4-10-17(2)15(12)8-6-13-11-14(18-3)7-9-16(13)17/h7,9,11-12,15H,4-6,8,10H2,1-3H3/t12?,15?,17-/m1/s1. The van der Waals surface area contributed by atoms with Gasteiger partial charge >= 0.3 is 0 Å². The molecule has 0 spiro atoms. The minimum Gasteiger partial charge on any atom is -0.497 e. The Morgan fingerprint density at radius 3 is 2.89 bits per heavy atom. The average molecular weight is 244 g/mol. The van der Waals surface area contributed by atoms with Gasteiger partial charge in [-0.25, -0.2) is 0 Å². The smallest absolute Gasteiger partial charge is 0.119 e. The van der Waals surface area contributed by atoms with Crippen molar-refractivity contribution < 1.29 is 4.74 Å². The van der Waals surface area contributed by atoms with Crippen molar-refractivity contribution in [2.75, 3.05) is 7.11 Å². The third-order valence-electron chi connectivity index (χ3n) is 5.51. The number of ether oxygens (including phenoxy) is 1. The Balaban J connectivity index is 2.05. The lowest BCUT2D eigenvalue weighted by Gasteiger charge is -2.49. The normalized spacial score (nSPS) is 34.6. The van der Waals surface area contributed by atoms with Crippen LogP contribution in [0, 0.1) is 11.8 Å². The lowest BCUT2D eigenvalue weighted by molar-refractivity contribution is 0.117. The number of hydrogen-bond donors (Lipinski definition) is 0. The van der Waals surface area contributed by atoms with Crippen molar-refractivity contribution in [2.24, 2.45) is 11.8 Å². The second-order valence-electron chi connectivity index (χ2n) is 6.46. The van der Waals surface area contributed by atoms with E-state index in [9.17, 15) is 0 Å². The highest BCUT2D eigenvalue weighted by molar-refractivity contribution is 5.43.